The minimum atomic E-state index is -3.60. The highest BCUT2D eigenvalue weighted by atomic mass is 32.2. The maximum atomic E-state index is 13.3. The number of aromatic nitrogens is 2. The molecule has 26 heavy (non-hydrogen) atoms. The molecule has 0 atom stereocenters. The van der Waals surface area contributed by atoms with Crippen LogP contribution in [0.3, 0.4) is 0 Å². The Bertz CT molecular complexity index is 659. The molecule has 0 radical (unpaired) electrons. The third-order valence-corrected chi connectivity index (χ3v) is 7.04. The van der Waals surface area contributed by atoms with Crippen molar-refractivity contribution in [2.24, 2.45) is 7.05 Å². The van der Waals surface area contributed by atoms with Crippen LogP contribution in [-0.4, -0.2) is 85.8 Å². The van der Waals surface area contributed by atoms with Crippen LogP contribution in [0.1, 0.15) is 25.1 Å². The zero-order valence-electron chi connectivity index (χ0n) is 15.8. The van der Waals surface area contributed by atoms with E-state index in [4.69, 9.17) is 9.47 Å². The number of morpholine rings is 1. The lowest BCUT2D eigenvalue weighted by atomic mass is 10.1. The first-order valence-electron chi connectivity index (χ1n) is 9.38. The summed E-state index contributed by atoms with van der Waals surface area (Å²) in [6.45, 7) is 7.80. The summed E-state index contributed by atoms with van der Waals surface area (Å²) in [6, 6.07) is -0.0132. The molecule has 2 fully saturated rings. The lowest BCUT2D eigenvalue weighted by molar-refractivity contribution is 0.0344. The van der Waals surface area contributed by atoms with E-state index >= 15 is 0 Å². The molecular weight excluding hydrogens is 356 g/mol. The van der Waals surface area contributed by atoms with Crippen LogP contribution >= 0.6 is 0 Å². The van der Waals surface area contributed by atoms with E-state index in [1.807, 2.05) is 14.0 Å². The van der Waals surface area contributed by atoms with Crippen molar-refractivity contribution in [2.75, 3.05) is 52.6 Å². The smallest absolute Gasteiger partial charge is 0.262 e. The fraction of sp³-hybridized carbons (Fsp3) is 0.824. The van der Waals surface area contributed by atoms with Crippen LogP contribution in [0.25, 0.3) is 0 Å². The minimum Gasteiger partial charge on any atom is -0.381 e. The van der Waals surface area contributed by atoms with Crippen molar-refractivity contribution in [3.63, 3.8) is 0 Å². The van der Waals surface area contributed by atoms with E-state index in [-0.39, 0.29) is 11.1 Å². The molecule has 8 nitrogen and oxygen atoms in total. The van der Waals surface area contributed by atoms with Crippen molar-refractivity contribution < 1.29 is 17.9 Å². The minimum absolute atomic E-state index is 0.0132. The zero-order chi connectivity index (χ0) is 18.6. The lowest BCUT2D eigenvalue weighted by Gasteiger charge is -2.33. The summed E-state index contributed by atoms with van der Waals surface area (Å²) in [5.41, 5.74) is 0. The van der Waals surface area contributed by atoms with Crippen LogP contribution in [0, 0.1) is 6.92 Å². The van der Waals surface area contributed by atoms with E-state index in [0.717, 1.165) is 52.1 Å². The molecule has 2 saturated heterocycles. The fourth-order valence-corrected chi connectivity index (χ4v) is 5.27. The lowest BCUT2D eigenvalue weighted by Crippen LogP contribution is -2.45. The number of rotatable bonds is 7. The highest BCUT2D eigenvalue weighted by Gasteiger charge is 2.34. The van der Waals surface area contributed by atoms with Gasteiger partial charge in [0.2, 0.25) is 0 Å². The van der Waals surface area contributed by atoms with Crippen LogP contribution < -0.4 is 0 Å². The number of aryl methyl sites for hydroxylation is 2. The van der Waals surface area contributed by atoms with Gasteiger partial charge in [0.15, 0.2) is 5.03 Å². The van der Waals surface area contributed by atoms with Gasteiger partial charge in [0.25, 0.3) is 10.0 Å². The first kappa shape index (κ1) is 19.8. The predicted octanol–water partition coefficient (Wildman–Crippen LogP) is 0.621. The van der Waals surface area contributed by atoms with E-state index in [1.165, 1.54) is 0 Å². The summed E-state index contributed by atoms with van der Waals surface area (Å²) in [6.07, 6.45) is 3.90. The van der Waals surface area contributed by atoms with Gasteiger partial charge in [-0.3, -0.25) is 4.90 Å². The second-order valence-electron chi connectivity index (χ2n) is 7.00. The van der Waals surface area contributed by atoms with Crippen molar-refractivity contribution in [1.82, 2.24) is 18.8 Å². The summed E-state index contributed by atoms with van der Waals surface area (Å²) in [5.74, 6) is 0.698. The van der Waals surface area contributed by atoms with Crippen molar-refractivity contribution in [3.8, 4) is 0 Å². The van der Waals surface area contributed by atoms with E-state index in [1.54, 1.807) is 15.1 Å². The molecule has 1 aromatic heterocycles. The largest absolute Gasteiger partial charge is 0.381 e. The molecule has 2 aliphatic rings. The Labute approximate surface area is 156 Å². The van der Waals surface area contributed by atoms with Gasteiger partial charge >= 0.3 is 0 Å². The van der Waals surface area contributed by atoms with Crippen LogP contribution in [0.2, 0.25) is 0 Å². The van der Waals surface area contributed by atoms with Crippen molar-refractivity contribution in [3.05, 3.63) is 12.0 Å². The quantitative estimate of drug-likeness (QED) is 0.684. The Morgan fingerprint density at radius 2 is 1.85 bits per heavy atom. The van der Waals surface area contributed by atoms with Crippen LogP contribution in [-0.2, 0) is 26.5 Å². The van der Waals surface area contributed by atoms with Gasteiger partial charge in [-0.05, 0) is 32.7 Å². The molecule has 1 aromatic rings. The van der Waals surface area contributed by atoms with Gasteiger partial charge in [0.05, 0.1) is 13.2 Å². The molecule has 0 N–H and O–H groups in total. The second-order valence-corrected chi connectivity index (χ2v) is 8.84. The van der Waals surface area contributed by atoms with Gasteiger partial charge in [0, 0.05) is 52.1 Å². The van der Waals surface area contributed by atoms with Gasteiger partial charge in [-0.15, -0.1) is 0 Å². The van der Waals surface area contributed by atoms with Crippen LogP contribution in [0.5, 0.6) is 0 Å². The number of ether oxygens (including phenoxy) is 2. The van der Waals surface area contributed by atoms with Gasteiger partial charge in [-0.25, -0.2) is 13.4 Å². The molecule has 9 heteroatoms. The summed E-state index contributed by atoms with van der Waals surface area (Å²) in [7, 11) is -1.78. The van der Waals surface area contributed by atoms with E-state index in [9.17, 15) is 8.42 Å². The molecule has 0 bridgehead atoms. The number of hydrogen-bond acceptors (Lipinski definition) is 6. The molecule has 3 heterocycles. The first-order chi connectivity index (χ1) is 12.5. The standard InChI is InChI=1S/C17H30N4O4S/c1-15-18-17(14-19(15)2)26(22,23)21(16-4-10-24-11-5-16)7-3-6-20-8-12-25-13-9-20/h14,16H,3-13H2,1-2H3. The van der Waals surface area contributed by atoms with E-state index in [2.05, 4.69) is 9.88 Å². The van der Waals surface area contributed by atoms with E-state index < -0.39 is 10.0 Å². The fourth-order valence-electron chi connectivity index (χ4n) is 3.52. The Kier molecular flexibility index (Phi) is 6.68. The Hall–Kier alpha value is -1.00. The maximum absolute atomic E-state index is 13.3. The monoisotopic (exact) mass is 386 g/mol. The van der Waals surface area contributed by atoms with Gasteiger partial charge in [-0.1, -0.05) is 0 Å². The molecule has 0 saturated carbocycles. The molecule has 0 amide bonds. The highest BCUT2D eigenvalue weighted by Crippen LogP contribution is 2.23. The SMILES string of the molecule is Cc1nc(S(=O)(=O)N(CCCN2CCOCC2)C2CCOCC2)cn1C. The van der Waals surface area contributed by atoms with Gasteiger partial charge in [0.1, 0.15) is 5.82 Å². The highest BCUT2D eigenvalue weighted by molar-refractivity contribution is 7.89. The first-order valence-corrected chi connectivity index (χ1v) is 10.8. The summed E-state index contributed by atoms with van der Waals surface area (Å²) >= 11 is 0. The molecule has 0 unspecified atom stereocenters. The topological polar surface area (TPSA) is 76.9 Å². The molecule has 2 aliphatic heterocycles. The average Bonchev–Trinajstić information content (AvgIpc) is 3.00. The predicted molar refractivity (Wildman–Crippen MR) is 97.6 cm³/mol. The van der Waals surface area contributed by atoms with Crippen LogP contribution in [0.4, 0.5) is 0 Å². The van der Waals surface area contributed by atoms with E-state index in [0.29, 0.717) is 25.6 Å². The average molecular weight is 387 g/mol. The number of sulfonamides is 1. The molecule has 148 valence electrons. The Morgan fingerprint density at radius 3 is 2.46 bits per heavy atom. The number of hydrogen-bond donors (Lipinski definition) is 0. The Morgan fingerprint density at radius 1 is 1.19 bits per heavy atom. The zero-order valence-corrected chi connectivity index (χ0v) is 16.6. The van der Waals surface area contributed by atoms with Crippen LogP contribution in [0.15, 0.2) is 11.2 Å². The molecule has 0 aromatic carbocycles. The second kappa shape index (κ2) is 8.79. The molecule has 0 spiro atoms. The summed E-state index contributed by atoms with van der Waals surface area (Å²) in [5, 5.41) is 0.148. The summed E-state index contributed by atoms with van der Waals surface area (Å²) < 4.78 is 40.7. The maximum Gasteiger partial charge on any atom is 0.262 e. The normalized spacial score (nSPS) is 20.7. The van der Waals surface area contributed by atoms with Gasteiger partial charge < -0.3 is 14.0 Å². The molecule has 0 aliphatic carbocycles. The number of imidazole rings is 1. The Balaban J connectivity index is 1.71. The third kappa shape index (κ3) is 4.64. The molecular formula is C17H30N4O4S. The van der Waals surface area contributed by atoms with Crippen molar-refractivity contribution in [1.29, 1.82) is 0 Å². The van der Waals surface area contributed by atoms with Crippen molar-refractivity contribution in [2.45, 2.75) is 37.3 Å². The summed E-state index contributed by atoms with van der Waals surface area (Å²) in [4.78, 5) is 6.61. The third-order valence-electron chi connectivity index (χ3n) is 5.21. The molecule has 3 rings (SSSR count). The number of nitrogens with zero attached hydrogens (tertiary/aromatic N) is 4. The van der Waals surface area contributed by atoms with Crippen molar-refractivity contribution >= 4 is 10.0 Å². The van der Waals surface area contributed by atoms with Gasteiger partial charge in [-0.2, -0.15) is 4.31 Å².